The summed E-state index contributed by atoms with van der Waals surface area (Å²) in [6.45, 7) is 3.57. The standard InChI is InChI=1S/C22H21NO6/c1-14-18(15(2)29-23-14)12-27-20-10-9-17(11-21(20)26-3)22(25)28-13-19(24)16-7-5-4-6-8-16/h4-11H,12-13H2,1-3H3. The van der Waals surface area contributed by atoms with Crippen LogP contribution in [0.4, 0.5) is 0 Å². The van der Waals surface area contributed by atoms with Crippen LogP contribution in [0.15, 0.2) is 53.1 Å². The van der Waals surface area contributed by atoms with Crippen molar-refractivity contribution in [3.8, 4) is 11.5 Å². The van der Waals surface area contributed by atoms with E-state index < -0.39 is 5.97 Å². The number of hydrogen-bond acceptors (Lipinski definition) is 7. The van der Waals surface area contributed by atoms with Crippen molar-refractivity contribution in [3.63, 3.8) is 0 Å². The molecule has 0 atom stereocenters. The number of hydrogen-bond donors (Lipinski definition) is 0. The van der Waals surface area contributed by atoms with Crippen LogP contribution in [0.2, 0.25) is 0 Å². The van der Waals surface area contributed by atoms with Gasteiger partial charge in [-0.2, -0.15) is 0 Å². The Labute approximate surface area is 168 Å². The molecule has 0 spiro atoms. The van der Waals surface area contributed by atoms with Crippen LogP contribution in [0.25, 0.3) is 0 Å². The van der Waals surface area contributed by atoms with Gasteiger partial charge >= 0.3 is 5.97 Å². The van der Waals surface area contributed by atoms with Gasteiger partial charge in [0.25, 0.3) is 0 Å². The number of ether oxygens (including phenoxy) is 3. The molecule has 0 saturated heterocycles. The van der Waals surface area contributed by atoms with E-state index in [1.165, 1.54) is 13.2 Å². The first-order valence-electron chi connectivity index (χ1n) is 8.97. The number of carbonyl (C=O) groups is 2. The molecule has 150 valence electrons. The van der Waals surface area contributed by atoms with E-state index in [0.29, 0.717) is 22.8 Å². The number of benzene rings is 2. The van der Waals surface area contributed by atoms with Gasteiger partial charge in [0.05, 0.1) is 23.9 Å². The van der Waals surface area contributed by atoms with Gasteiger partial charge in [-0.25, -0.2) is 4.79 Å². The molecule has 29 heavy (non-hydrogen) atoms. The van der Waals surface area contributed by atoms with E-state index in [1.54, 1.807) is 36.4 Å². The molecule has 7 nitrogen and oxygen atoms in total. The number of carbonyl (C=O) groups excluding carboxylic acids is 2. The minimum absolute atomic E-state index is 0.257. The van der Waals surface area contributed by atoms with Crippen molar-refractivity contribution in [2.45, 2.75) is 20.5 Å². The Balaban J connectivity index is 1.64. The zero-order valence-corrected chi connectivity index (χ0v) is 16.4. The lowest BCUT2D eigenvalue weighted by atomic mass is 10.1. The molecule has 0 saturated carbocycles. The van der Waals surface area contributed by atoms with E-state index >= 15 is 0 Å². The number of ketones is 1. The van der Waals surface area contributed by atoms with Crippen molar-refractivity contribution in [2.75, 3.05) is 13.7 Å². The lowest BCUT2D eigenvalue weighted by Gasteiger charge is -2.12. The van der Waals surface area contributed by atoms with Gasteiger partial charge in [-0.05, 0) is 32.0 Å². The second-order valence-electron chi connectivity index (χ2n) is 6.32. The van der Waals surface area contributed by atoms with Gasteiger partial charge in [0.2, 0.25) is 0 Å². The third kappa shape index (κ3) is 4.82. The molecule has 0 radical (unpaired) electrons. The highest BCUT2D eigenvalue weighted by atomic mass is 16.5. The molecule has 0 aliphatic carbocycles. The Kier molecular flexibility index (Phi) is 6.29. The Bertz CT molecular complexity index is 990. The van der Waals surface area contributed by atoms with Crippen LogP contribution < -0.4 is 9.47 Å². The second-order valence-corrected chi connectivity index (χ2v) is 6.32. The number of rotatable bonds is 8. The molecule has 0 unspecified atom stereocenters. The molecular formula is C22H21NO6. The maximum absolute atomic E-state index is 12.3. The van der Waals surface area contributed by atoms with E-state index in [2.05, 4.69) is 5.16 Å². The summed E-state index contributed by atoms with van der Waals surface area (Å²) in [5, 5.41) is 3.89. The number of Topliss-reactive ketones (excluding diaryl/α,β-unsaturated/α-hetero) is 1. The smallest absolute Gasteiger partial charge is 0.338 e. The van der Waals surface area contributed by atoms with Crippen molar-refractivity contribution >= 4 is 11.8 Å². The fraction of sp³-hybridized carbons (Fsp3) is 0.227. The van der Waals surface area contributed by atoms with Gasteiger partial charge in [-0.3, -0.25) is 4.79 Å². The molecule has 2 aromatic carbocycles. The maximum Gasteiger partial charge on any atom is 0.338 e. The molecule has 0 N–H and O–H groups in total. The Morgan fingerprint density at radius 3 is 2.41 bits per heavy atom. The molecule has 7 heteroatoms. The molecule has 0 amide bonds. The lowest BCUT2D eigenvalue weighted by Crippen LogP contribution is -2.14. The topological polar surface area (TPSA) is 87.9 Å². The highest BCUT2D eigenvalue weighted by molar-refractivity contribution is 5.99. The highest BCUT2D eigenvalue weighted by Crippen LogP contribution is 2.29. The van der Waals surface area contributed by atoms with Crippen LogP contribution in [-0.4, -0.2) is 30.6 Å². The zero-order valence-electron chi connectivity index (χ0n) is 16.4. The number of nitrogens with zero attached hydrogens (tertiary/aromatic N) is 1. The first-order chi connectivity index (χ1) is 14.0. The summed E-state index contributed by atoms with van der Waals surface area (Å²) in [6.07, 6.45) is 0. The van der Waals surface area contributed by atoms with Crippen molar-refractivity contribution in [1.29, 1.82) is 0 Å². The summed E-state index contributed by atoms with van der Waals surface area (Å²) in [5.74, 6) is 0.630. The fourth-order valence-corrected chi connectivity index (χ4v) is 2.69. The van der Waals surface area contributed by atoms with Crippen LogP contribution >= 0.6 is 0 Å². The van der Waals surface area contributed by atoms with E-state index in [9.17, 15) is 9.59 Å². The van der Waals surface area contributed by atoms with Gasteiger partial charge in [0.1, 0.15) is 12.4 Å². The number of aromatic nitrogens is 1. The van der Waals surface area contributed by atoms with Crippen molar-refractivity contribution in [3.05, 3.63) is 76.7 Å². The summed E-state index contributed by atoms with van der Waals surface area (Å²) in [7, 11) is 1.48. The average molecular weight is 395 g/mol. The Morgan fingerprint density at radius 2 is 1.76 bits per heavy atom. The molecule has 0 aliphatic heterocycles. The molecule has 0 bridgehead atoms. The molecule has 0 aliphatic rings. The van der Waals surface area contributed by atoms with E-state index in [1.807, 2.05) is 19.9 Å². The SMILES string of the molecule is COc1cc(C(=O)OCC(=O)c2ccccc2)ccc1OCc1c(C)noc1C. The average Bonchev–Trinajstić information content (AvgIpc) is 3.08. The zero-order chi connectivity index (χ0) is 20.8. The van der Waals surface area contributed by atoms with E-state index in [-0.39, 0.29) is 24.6 Å². The molecule has 1 aromatic heterocycles. The summed E-state index contributed by atoms with van der Waals surface area (Å²) < 4.78 is 21.4. The van der Waals surface area contributed by atoms with Gasteiger partial charge in [-0.15, -0.1) is 0 Å². The van der Waals surface area contributed by atoms with Gasteiger partial charge in [0.15, 0.2) is 23.9 Å². The highest BCUT2D eigenvalue weighted by Gasteiger charge is 2.16. The van der Waals surface area contributed by atoms with Crippen molar-refractivity contribution in [2.24, 2.45) is 0 Å². The van der Waals surface area contributed by atoms with Crippen LogP contribution in [0.3, 0.4) is 0 Å². The summed E-state index contributed by atoms with van der Waals surface area (Å²) in [4.78, 5) is 24.4. The molecule has 1 heterocycles. The third-order valence-corrected chi connectivity index (χ3v) is 4.38. The lowest BCUT2D eigenvalue weighted by molar-refractivity contribution is 0.0474. The van der Waals surface area contributed by atoms with Crippen LogP contribution in [0.1, 0.15) is 37.7 Å². The summed E-state index contributed by atoms with van der Waals surface area (Å²) in [6, 6.07) is 13.3. The molecule has 0 fully saturated rings. The Hall–Kier alpha value is -3.61. The fourth-order valence-electron chi connectivity index (χ4n) is 2.69. The monoisotopic (exact) mass is 395 g/mol. The minimum Gasteiger partial charge on any atom is -0.493 e. The quantitative estimate of drug-likeness (QED) is 0.422. The molecule has 3 rings (SSSR count). The van der Waals surface area contributed by atoms with Crippen molar-refractivity contribution in [1.82, 2.24) is 5.16 Å². The first-order valence-corrected chi connectivity index (χ1v) is 8.97. The van der Waals surface area contributed by atoms with E-state index in [4.69, 9.17) is 18.7 Å². The van der Waals surface area contributed by atoms with Gasteiger partial charge in [-0.1, -0.05) is 35.5 Å². The Morgan fingerprint density at radius 1 is 1.00 bits per heavy atom. The van der Waals surface area contributed by atoms with Crippen LogP contribution in [-0.2, 0) is 11.3 Å². The number of methoxy groups -OCH3 is 1. The van der Waals surface area contributed by atoms with Crippen LogP contribution in [0.5, 0.6) is 11.5 Å². The van der Waals surface area contributed by atoms with E-state index in [0.717, 1.165) is 11.3 Å². The van der Waals surface area contributed by atoms with Gasteiger partial charge in [0, 0.05) is 5.56 Å². The second kappa shape index (κ2) is 9.05. The third-order valence-electron chi connectivity index (χ3n) is 4.38. The molecule has 3 aromatic rings. The number of esters is 1. The van der Waals surface area contributed by atoms with Crippen molar-refractivity contribution < 1.29 is 28.3 Å². The predicted molar refractivity (Wildman–Crippen MR) is 104 cm³/mol. The predicted octanol–water partition coefficient (Wildman–Crippen LogP) is 3.92. The largest absolute Gasteiger partial charge is 0.493 e. The molecular weight excluding hydrogens is 374 g/mol. The first kappa shape index (κ1) is 20.1. The van der Waals surface area contributed by atoms with Crippen LogP contribution in [0, 0.1) is 13.8 Å². The minimum atomic E-state index is -0.621. The van der Waals surface area contributed by atoms with Gasteiger partial charge < -0.3 is 18.7 Å². The summed E-state index contributed by atoms with van der Waals surface area (Å²) in [5.41, 5.74) is 2.35. The summed E-state index contributed by atoms with van der Waals surface area (Å²) >= 11 is 0. The maximum atomic E-state index is 12.3. The normalized spacial score (nSPS) is 10.4. The number of aryl methyl sites for hydroxylation is 2.